The number of hydrogen-bond donors (Lipinski definition) is 2. The van der Waals surface area contributed by atoms with E-state index in [9.17, 15) is 0 Å². The zero-order valence-corrected chi connectivity index (χ0v) is 6.29. The maximum absolute atomic E-state index is 8.72. The van der Waals surface area contributed by atoms with E-state index >= 15 is 0 Å². The van der Waals surface area contributed by atoms with Crippen LogP contribution in [0.4, 0.5) is 0 Å². The van der Waals surface area contributed by atoms with Crippen molar-refractivity contribution < 1.29 is 5.11 Å². The van der Waals surface area contributed by atoms with Crippen molar-refractivity contribution in [1.82, 2.24) is 4.90 Å². The lowest BCUT2D eigenvalue weighted by Crippen LogP contribution is -2.46. The summed E-state index contributed by atoms with van der Waals surface area (Å²) in [5.41, 5.74) is 5.62. The molecular weight excluding hydrogens is 128 g/mol. The van der Waals surface area contributed by atoms with Crippen LogP contribution in [0.3, 0.4) is 0 Å². The van der Waals surface area contributed by atoms with E-state index in [1.807, 2.05) is 0 Å². The Balaban J connectivity index is 2.24. The molecule has 1 heterocycles. The summed E-state index contributed by atoms with van der Waals surface area (Å²) in [7, 11) is 0. The maximum Gasteiger partial charge on any atom is 0.0810 e. The van der Waals surface area contributed by atoms with Gasteiger partial charge in [0.05, 0.1) is 12.8 Å². The second kappa shape index (κ2) is 3.91. The number of piperidine rings is 1. The van der Waals surface area contributed by atoms with Gasteiger partial charge in [0.25, 0.3) is 0 Å². The summed E-state index contributed by atoms with van der Waals surface area (Å²) in [6.07, 6.45) is 3.65. The third kappa shape index (κ3) is 1.94. The van der Waals surface area contributed by atoms with E-state index in [1.165, 1.54) is 19.3 Å². The highest BCUT2D eigenvalue weighted by molar-refractivity contribution is 4.68. The van der Waals surface area contributed by atoms with Gasteiger partial charge in [-0.2, -0.15) is 0 Å². The zero-order chi connectivity index (χ0) is 7.40. The minimum Gasteiger partial charge on any atom is -0.393 e. The summed E-state index contributed by atoms with van der Waals surface area (Å²) in [5, 5.41) is 8.72. The van der Waals surface area contributed by atoms with Crippen molar-refractivity contribution >= 4 is 0 Å². The molecule has 1 aliphatic heterocycles. The fourth-order valence-electron chi connectivity index (χ4n) is 1.37. The summed E-state index contributed by atoms with van der Waals surface area (Å²) in [4.78, 5) is 2.14. The molecule has 1 atom stereocenters. The van der Waals surface area contributed by atoms with E-state index < -0.39 is 0 Å². The van der Waals surface area contributed by atoms with Crippen LogP contribution >= 0.6 is 0 Å². The number of nitrogens with zero attached hydrogens (tertiary/aromatic N) is 1. The number of aliphatic hydroxyl groups is 1. The average Bonchev–Trinajstić information content (AvgIpc) is 2.05. The molecule has 1 saturated heterocycles. The molecule has 3 nitrogen and oxygen atoms in total. The number of rotatable bonds is 2. The topological polar surface area (TPSA) is 49.5 Å². The summed E-state index contributed by atoms with van der Waals surface area (Å²) in [6, 6.07) is 0. The molecule has 0 aromatic rings. The van der Waals surface area contributed by atoms with Crippen LogP contribution in [0.25, 0.3) is 0 Å². The van der Waals surface area contributed by atoms with Crippen LogP contribution < -0.4 is 5.73 Å². The quantitative estimate of drug-likeness (QED) is 0.562. The molecule has 0 aromatic carbocycles. The van der Waals surface area contributed by atoms with Crippen LogP contribution in [0.15, 0.2) is 0 Å². The normalized spacial score (nSPS) is 24.6. The predicted octanol–water partition coefficient (Wildman–Crippen LogP) is -0.251. The minimum atomic E-state index is -0.125. The van der Waals surface area contributed by atoms with Gasteiger partial charge in [-0.05, 0) is 25.9 Å². The summed E-state index contributed by atoms with van der Waals surface area (Å²) < 4.78 is 0. The Morgan fingerprint density at radius 3 is 2.40 bits per heavy atom. The van der Waals surface area contributed by atoms with Crippen molar-refractivity contribution in [2.24, 2.45) is 5.73 Å². The van der Waals surface area contributed by atoms with Crippen molar-refractivity contribution in [2.75, 3.05) is 19.7 Å². The Labute approximate surface area is 61.8 Å². The first kappa shape index (κ1) is 7.98. The Kier molecular flexibility index (Phi) is 3.12. The Hall–Kier alpha value is -0.120. The first-order chi connectivity index (χ1) is 4.84. The van der Waals surface area contributed by atoms with Crippen LogP contribution in [0, 0.1) is 0 Å². The standard InChI is InChI=1S/C7H16N2O/c8-7(6-10)9-4-2-1-3-5-9/h7,10H,1-6,8H2. The molecule has 60 valence electrons. The smallest absolute Gasteiger partial charge is 0.0810 e. The van der Waals surface area contributed by atoms with Gasteiger partial charge in [0, 0.05) is 0 Å². The van der Waals surface area contributed by atoms with Crippen molar-refractivity contribution in [1.29, 1.82) is 0 Å². The SMILES string of the molecule is NC(CO)N1CCCCC1. The molecule has 1 rings (SSSR count). The molecule has 10 heavy (non-hydrogen) atoms. The molecule has 1 unspecified atom stereocenters. The van der Waals surface area contributed by atoms with Gasteiger partial charge in [-0.1, -0.05) is 6.42 Å². The van der Waals surface area contributed by atoms with Gasteiger partial charge in [0.1, 0.15) is 0 Å². The van der Waals surface area contributed by atoms with E-state index in [4.69, 9.17) is 10.8 Å². The number of hydrogen-bond acceptors (Lipinski definition) is 3. The molecule has 0 radical (unpaired) electrons. The van der Waals surface area contributed by atoms with Gasteiger partial charge in [0.2, 0.25) is 0 Å². The first-order valence-corrected chi connectivity index (χ1v) is 3.95. The number of nitrogens with two attached hydrogens (primary N) is 1. The van der Waals surface area contributed by atoms with Crippen molar-refractivity contribution in [3.8, 4) is 0 Å². The van der Waals surface area contributed by atoms with E-state index in [2.05, 4.69) is 4.90 Å². The fraction of sp³-hybridized carbons (Fsp3) is 1.00. The molecule has 0 aliphatic carbocycles. The lowest BCUT2D eigenvalue weighted by molar-refractivity contribution is 0.108. The molecule has 3 heteroatoms. The lowest BCUT2D eigenvalue weighted by atomic mass is 10.1. The largest absolute Gasteiger partial charge is 0.393 e. The molecule has 0 bridgehead atoms. The third-order valence-corrected chi connectivity index (χ3v) is 2.05. The van der Waals surface area contributed by atoms with Crippen molar-refractivity contribution in [2.45, 2.75) is 25.4 Å². The Morgan fingerprint density at radius 1 is 1.30 bits per heavy atom. The van der Waals surface area contributed by atoms with E-state index in [-0.39, 0.29) is 12.8 Å². The van der Waals surface area contributed by atoms with Gasteiger partial charge in [0.15, 0.2) is 0 Å². The van der Waals surface area contributed by atoms with Crippen LogP contribution in [0.5, 0.6) is 0 Å². The second-order valence-electron chi connectivity index (χ2n) is 2.85. The van der Waals surface area contributed by atoms with E-state index in [0.717, 1.165) is 13.1 Å². The maximum atomic E-state index is 8.72. The molecular formula is C7H16N2O. The van der Waals surface area contributed by atoms with Gasteiger partial charge in [-0.15, -0.1) is 0 Å². The van der Waals surface area contributed by atoms with E-state index in [0.29, 0.717) is 0 Å². The van der Waals surface area contributed by atoms with Gasteiger partial charge >= 0.3 is 0 Å². The predicted molar refractivity (Wildman–Crippen MR) is 40.5 cm³/mol. The monoisotopic (exact) mass is 144 g/mol. The lowest BCUT2D eigenvalue weighted by Gasteiger charge is -2.30. The highest BCUT2D eigenvalue weighted by atomic mass is 16.3. The fourth-order valence-corrected chi connectivity index (χ4v) is 1.37. The zero-order valence-electron chi connectivity index (χ0n) is 6.29. The average molecular weight is 144 g/mol. The van der Waals surface area contributed by atoms with Crippen LogP contribution in [-0.4, -0.2) is 35.9 Å². The number of likely N-dealkylation sites (tertiary alicyclic amines) is 1. The third-order valence-electron chi connectivity index (χ3n) is 2.05. The van der Waals surface area contributed by atoms with Crippen molar-refractivity contribution in [3.63, 3.8) is 0 Å². The Morgan fingerprint density at radius 2 is 1.90 bits per heavy atom. The highest BCUT2D eigenvalue weighted by Crippen LogP contribution is 2.09. The molecule has 3 N–H and O–H groups in total. The number of aliphatic hydroxyl groups excluding tert-OH is 1. The van der Waals surface area contributed by atoms with Gasteiger partial charge in [-0.25, -0.2) is 0 Å². The van der Waals surface area contributed by atoms with Crippen molar-refractivity contribution in [3.05, 3.63) is 0 Å². The summed E-state index contributed by atoms with van der Waals surface area (Å²) in [6.45, 7) is 2.20. The molecule has 0 amide bonds. The van der Waals surface area contributed by atoms with Crippen LogP contribution in [-0.2, 0) is 0 Å². The van der Waals surface area contributed by atoms with Gasteiger partial charge < -0.3 is 10.8 Å². The van der Waals surface area contributed by atoms with Crippen LogP contribution in [0.2, 0.25) is 0 Å². The molecule has 0 aromatic heterocycles. The summed E-state index contributed by atoms with van der Waals surface area (Å²) >= 11 is 0. The Bertz CT molecular complexity index is 91.6. The molecule has 1 aliphatic rings. The van der Waals surface area contributed by atoms with E-state index in [1.54, 1.807) is 0 Å². The minimum absolute atomic E-state index is 0.0833. The molecule has 1 fully saturated rings. The second-order valence-corrected chi connectivity index (χ2v) is 2.85. The van der Waals surface area contributed by atoms with Crippen LogP contribution in [0.1, 0.15) is 19.3 Å². The molecule has 0 saturated carbocycles. The molecule has 0 spiro atoms. The summed E-state index contributed by atoms with van der Waals surface area (Å²) in [5.74, 6) is 0. The first-order valence-electron chi connectivity index (χ1n) is 3.95. The highest BCUT2D eigenvalue weighted by Gasteiger charge is 2.15. The van der Waals surface area contributed by atoms with Gasteiger partial charge in [-0.3, -0.25) is 4.90 Å².